The van der Waals surface area contributed by atoms with Gasteiger partial charge < -0.3 is 5.73 Å². The second kappa shape index (κ2) is 5.03. The molecule has 0 fully saturated rings. The maximum absolute atomic E-state index is 13.5. The summed E-state index contributed by atoms with van der Waals surface area (Å²) >= 11 is 0. The van der Waals surface area contributed by atoms with Crippen LogP contribution in [0.1, 0.15) is 6.92 Å². The number of nitrogens with two attached hydrogens (primary N) is 1. The van der Waals surface area contributed by atoms with Crippen LogP contribution in [-0.4, -0.2) is 26.3 Å². The lowest BCUT2D eigenvalue weighted by molar-refractivity contribution is 0.462. The van der Waals surface area contributed by atoms with Crippen molar-refractivity contribution < 1.29 is 17.2 Å². The number of hydrogen-bond acceptors (Lipinski definition) is 3. The number of rotatable bonds is 4. The molecule has 4 nitrogen and oxygen atoms in total. The van der Waals surface area contributed by atoms with Gasteiger partial charge in [0.15, 0.2) is 11.6 Å². The summed E-state index contributed by atoms with van der Waals surface area (Å²) in [6.45, 7) is 5.20. The molecule has 0 spiro atoms. The molecule has 7 heteroatoms. The van der Waals surface area contributed by atoms with Crippen LogP contribution in [0.25, 0.3) is 0 Å². The maximum Gasteiger partial charge on any atom is 0.246 e. The fourth-order valence-corrected chi connectivity index (χ4v) is 2.74. The van der Waals surface area contributed by atoms with Gasteiger partial charge in [-0.15, -0.1) is 0 Å². The van der Waals surface area contributed by atoms with Crippen molar-refractivity contribution in [3.63, 3.8) is 0 Å². The lowest BCUT2D eigenvalue weighted by atomic mass is 10.3. The average molecular weight is 276 g/mol. The van der Waals surface area contributed by atoms with Gasteiger partial charge >= 0.3 is 0 Å². The molecule has 1 aromatic rings. The zero-order valence-corrected chi connectivity index (χ0v) is 10.9. The monoisotopic (exact) mass is 276 g/mol. The second-order valence-electron chi connectivity index (χ2n) is 4.03. The number of nitrogen functional groups attached to an aromatic ring is 1. The molecule has 0 heterocycles. The Balaban J connectivity index is 3.33. The third-order valence-electron chi connectivity index (χ3n) is 2.20. The van der Waals surface area contributed by atoms with Crippen molar-refractivity contribution >= 4 is 15.7 Å². The van der Waals surface area contributed by atoms with Gasteiger partial charge in [-0.1, -0.05) is 12.2 Å². The van der Waals surface area contributed by atoms with Crippen molar-refractivity contribution in [1.82, 2.24) is 4.31 Å². The standard InChI is InChI=1S/C11H14F2N2O2S/c1-7(2)6-15(3)18(16,17)10-5-8(14)4-9(12)11(10)13/h4-5H,1,6,14H2,2-3H3. The molecule has 2 N–H and O–H groups in total. The van der Waals surface area contributed by atoms with E-state index in [1.165, 1.54) is 7.05 Å². The highest BCUT2D eigenvalue weighted by molar-refractivity contribution is 7.89. The molecule has 0 amide bonds. The minimum absolute atomic E-state index is 0.0121. The number of hydrogen-bond donors (Lipinski definition) is 1. The van der Waals surface area contributed by atoms with Gasteiger partial charge in [0.2, 0.25) is 10.0 Å². The van der Waals surface area contributed by atoms with Crippen LogP contribution in [0, 0.1) is 11.6 Å². The number of nitrogens with zero attached hydrogens (tertiary/aromatic N) is 1. The van der Waals surface area contributed by atoms with Gasteiger partial charge in [0.25, 0.3) is 0 Å². The highest BCUT2D eigenvalue weighted by Crippen LogP contribution is 2.23. The van der Waals surface area contributed by atoms with Gasteiger partial charge in [0, 0.05) is 19.3 Å². The molecule has 100 valence electrons. The Morgan fingerprint density at radius 3 is 2.50 bits per heavy atom. The van der Waals surface area contributed by atoms with Crippen LogP contribution in [0.2, 0.25) is 0 Å². The first-order valence-corrected chi connectivity index (χ1v) is 6.45. The van der Waals surface area contributed by atoms with Gasteiger partial charge in [0.1, 0.15) is 4.90 Å². The Morgan fingerprint density at radius 1 is 1.44 bits per heavy atom. The zero-order valence-electron chi connectivity index (χ0n) is 10.1. The third-order valence-corrected chi connectivity index (χ3v) is 4.00. The molecule has 0 saturated carbocycles. The molecule has 0 aromatic heterocycles. The molecular formula is C11H14F2N2O2S. The Morgan fingerprint density at radius 2 is 2.00 bits per heavy atom. The number of sulfonamides is 1. The number of halogens is 2. The highest BCUT2D eigenvalue weighted by atomic mass is 32.2. The topological polar surface area (TPSA) is 63.4 Å². The van der Waals surface area contributed by atoms with E-state index in [1.807, 2.05) is 0 Å². The lowest BCUT2D eigenvalue weighted by Crippen LogP contribution is -2.29. The minimum atomic E-state index is -4.13. The average Bonchev–Trinajstić information content (AvgIpc) is 2.22. The third kappa shape index (κ3) is 2.85. The molecule has 0 atom stereocenters. The maximum atomic E-state index is 13.5. The van der Waals surface area contributed by atoms with Crippen LogP contribution in [-0.2, 0) is 10.0 Å². The van der Waals surface area contributed by atoms with Crippen molar-refractivity contribution in [2.75, 3.05) is 19.3 Å². The number of anilines is 1. The first-order chi connectivity index (χ1) is 8.16. The van der Waals surface area contributed by atoms with E-state index >= 15 is 0 Å². The molecule has 1 rings (SSSR count). The van der Waals surface area contributed by atoms with E-state index in [0.29, 0.717) is 5.57 Å². The van der Waals surface area contributed by atoms with Crippen molar-refractivity contribution in [3.8, 4) is 0 Å². The van der Waals surface area contributed by atoms with Crippen LogP contribution >= 0.6 is 0 Å². The molecule has 0 saturated heterocycles. The van der Waals surface area contributed by atoms with Gasteiger partial charge in [-0.2, -0.15) is 4.31 Å². The van der Waals surface area contributed by atoms with E-state index in [0.717, 1.165) is 16.4 Å². The van der Waals surface area contributed by atoms with Crippen LogP contribution in [0.4, 0.5) is 14.5 Å². The molecule has 18 heavy (non-hydrogen) atoms. The fourth-order valence-electron chi connectivity index (χ4n) is 1.40. The van der Waals surface area contributed by atoms with E-state index in [4.69, 9.17) is 5.73 Å². The van der Waals surface area contributed by atoms with Crippen LogP contribution in [0.3, 0.4) is 0 Å². The largest absolute Gasteiger partial charge is 0.399 e. The quantitative estimate of drug-likeness (QED) is 0.673. The summed E-state index contributed by atoms with van der Waals surface area (Å²) in [6, 6.07) is 1.62. The van der Waals surface area contributed by atoms with Crippen molar-refractivity contribution in [2.24, 2.45) is 0 Å². The Hall–Kier alpha value is -1.47. The summed E-state index contributed by atoms with van der Waals surface area (Å²) in [5, 5.41) is 0. The Labute approximate surface area is 105 Å². The van der Waals surface area contributed by atoms with Crippen molar-refractivity contribution in [2.45, 2.75) is 11.8 Å². The predicted molar refractivity (Wildman–Crippen MR) is 65.4 cm³/mol. The molecule has 0 bridgehead atoms. The normalized spacial score (nSPS) is 11.8. The SMILES string of the molecule is C=C(C)CN(C)S(=O)(=O)c1cc(N)cc(F)c1F. The smallest absolute Gasteiger partial charge is 0.246 e. The summed E-state index contributed by atoms with van der Waals surface area (Å²) in [4.78, 5) is -0.774. The summed E-state index contributed by atoms with van der Waals surface area (Å²) in [5.41, 5.74) is 5.74. The van der Waals surface area contributed by atoms with Crippen LogP contribution < -0.4 is 5.73 Å². The lowest BCUT2D eigenvalue weighted by Gasteiger charge is -2.18. The van der Waals surface area contributed by atoms with E-state index in [2.05, 4.69) is 6.58 Å². The zero-order chi connectivity index (χ0) is 14.1. The summed E-state index contributed by atoms with van der Waals surface area (Å²) in [5.74, 6) is -2.73. The molecular weight excluding hydrogens is 262 g/mol. The molecule has 0 aliphatic heterocycles. The Bertz CT molecular complexity index is 585. The molecule has 0 aliphatic carbocycles. The van der Waals surface area contributed by atoms with E-state index in [-0.39, 0.29) is 12.2 Å². The molecule has 0 unspecified atom stereocenters. The molecule has 0 aliphatic rings. The Kier molecular flexibility index (Phi) is 4.08. The summed E-state index contributed by atoms with van der Waals surface area (Å²) in [6.07, 6.45) is 0. The summed E-state index contributed by atoms with van der Waals surface area (Å²) < 4.78 is 51.6. The van der Waals surface area contributed by atoms with Crippen LogP contribution in [0.15, 0.2) is 29.2 Å². The van der Waals surface area contributed by atoms with Gasteiger partial charge in [-0.25, -0.2) is 17.2 Å². The number of benzene rings is 1. The van der Waals surface area contributed by atoms with Gasteiger partial charge in [-0.3, -0.25) is 0 Å². The van der Waals surface area contributed by atoms with E-state index in [1.54, 1.807) is 6.92 Å². The molecule has 0 radical (unpaired) electrons. The van der Waals surface area contributed by atoms with Gasteiger partial charge in [-0.05, 0) is 19.1 Å². The first kappa shape index (κ1) is 14.6. The molecule has 1 aromatic carbocycles. The van der Waals surface area contributed by atoms with Crippen molar-refractivity contribution in [3.05, 3.63) is 35.9 Å². The summed E-state index contributed by atoms with van der Waals surface area (Å²) in [7, 11) is -2.88. The predicted octanol–water partition coefficient (Wildman–Crippen LogP) is 1.74. The second-order valence-corrected chi connectivity index (χ2v) is 6.05. The highest BCUT2D eigenvalue weighted by Gasteiger charge is 2.26. The first-order valence-electron chi connectivity index (χ1n) is 5.01. The van der Waals surface area contributed by atoms with E-state index in [9.17, 15) is 17.2 Å². The van der Waals surface area contributed by atoms with Crippen LogP contribution in [0.5, 0.6) is 0 Å². The minimum Gasteiger partial charge on any atom is -0.399 e. The fraction of sp³-hybridized carbons (Fsp3) is 0.273. The van der Waals surface area contributed by atoms with E-state index < -0.39 is 26.6 Å². The van der Waals surface area contributed by atoms with Gasteiger partial charge in [0.05, 0.1) is 0 Å². The number of likely N-dealkylation sites (N-methyl/N-ethyl adjacent to an activating group) is 1. The van der Waals surface area contributed by atoms with Crippen molar-refractivity contribution in [1.29, 1.82) is 0 Å².